The zero-order valence-corrected chi connectivity index (χ0v) is 14.4. The lowest BCUT2D eigenvalue weighted by Gasteiger charge is -2.36. The molecule has 2 heterocycles. The van der Waals surface area contributed by atoms with Gasteiger partial charge in [-0.05, 0) is 42.0 Å². The van der Waals surface area contributed by atoms with Crippen LogP contribution in [0, 0.1) is 0 Å². The monoisotopic (exact) mass is 333 g/mol. The van der Waals surface area contributed by atoms with Crippen molar-refractivity contribution in [3.05, 3.63) is 59.7 Å². The van der Waals surface area contributed by atoms with E-state index in [1.807, 2.05) is 12.1 Å². The molecule has 1 fully saturated rings. The van der Waals surface area contributed by atoms with Crippen LogP contribution in [-0.2, 0) is 6.42 Å². The molecule has 2 aromatic carbocycles. The molecule has 1 aliphatic heterocycles. The van der Waals surface area contributed by atoms with Gasteiger partial charge >= 0.3 is 0 Å². The van der Waals surface area contributed by atoms with Crippen molar-refractivity contribution in [3.8, 4) is 0 Å². The highest BCUT2D eigenvalue weighted by molar-refractivity contribution is 5.88. The number of rotatable bonds is 3. The number of benzene rings is 2. The van der Waals surface area contributed by atoms with Gasteiger partial charge in [0.25, 0.3) is 0 Å². The predicted octanol–water partition coefficient (Wildman–Crippen LogP) is 3.68. The molecule has 0 N–H and O–H groups in total. The van der Waals surface area contributed by atoms with Crippen molar-refractivity contribution in [2.24, 2.45) is 0 Å². The molecule has 1 aliphatic carbocycles. The second-order valence-electron chi connectivity index (χ2n) is 7.22. The Morgan fingerprint density at radius 2 is 1.76 bits per heavy atom. The minimum Gasteiger partial charge on any atom is -0.354 e. The minimum absolute atomic E-state index is 0.704. The second kappa shape index (κ2) is 6.19. The number of nitrogens with zero attached hydrogens (tertiary/aromatic N) is 3. The van der Waals surface area contributed by atoms with Crippen molar-refractivity contribution in [3.63, 3.8) is 0 Å². The molecule has 128 valence electrons. The molecule has 1 atom stereocenters. The molecule has 0 amide bonds. The lowest BCUT2D eigenvalue weighted by atomic mass is 10.0. The second-order valence-corrected chi connectivity index (χ2v) is 7.22. The number of piperazine rings is 1. The first-order valence-corrected chi connectivity index (χ1v) is 9.28. The van der Waals surface area contributed by atoms with Crippen molar-refractivity contribution >= 4 is 16.8 Å². The highest BCUT2D eigenvalue weighted by Gasteiger charge is 2.27. The van der Waals surface area contributed by atoms with Gasteiger partial charge in [0.15, 0.2) is 11.4 Å². The van der Waals surface area contributed by atoms with Crippen LogP contribution in [0.1, 0.15) is 23.5 Å². The van der Waals surface area contributed by atoms with Gasteiger partial charge in [-0.2, -0.15) is 0 Å². The Morgan fingerprint density at radius 3 is 2.68 bits per heavy atom. The van der Waals surface area contributed by atoms with E-state index in [9.17, 15) is 0 Å². The fourth-order valence-electron chi connectivity index (χ4n) is 4.39. The summed E-state index contributed by atoms with van der Waals surface area (Å²) in [6.07, 6.45) is 2.54. The summed E-state index contributed by atoms with van der Waals surface area (Å²) in [5.74, 6) is 1.71. The summed E-state index contributed by atoms with van der Waals surface area (Å²) in [4.78, 5) is 4.98. The molecular weight excluding hydrogens is 310 g/mol. The van der Waals surface area contributed by atoms with Crippen molar-refractivity contribution in [2.45, 2.75) is 18.8 Å². The van der Waals surface area contributed by atoms with Crippen LogP contribution in [0.25, 0.3) is 11.0 Å². The number of hydrogen-bond donors (Lipinski definition) is 0. The molecule has 1 saturated heterocycles. The Kier molecular flexibility index (Phi) is 3.71. The maximum Gasteiger partial charge on any atom is 0.180 e. The third-order valence-electron chi connectivity index (χ3n) is 5.77. The SMILES string of the molecule is c1ccc2c(c1)CCC2CN1CCN(c2noc3ccccc23)CC1. The van der Waals surface area contributed by atoms with E-state index in [-0.39, 0.29) is 0 Å². The molecule has 1 aromatic heterocycles. The third-order valence-corrected chi connectivity index (χ3v) is 5.77. The topological polar surface area (TPSA) is 32.5 Å². The molecule has 0 saturated carbocycles. The Morgan fingerprint density at radius 1 is 0.960 bits per heavy atom. The van der Waals surface area contributed by atoms with Crippen LogP contribution in [-0.4, -0.2) is 42.8 Å². The summed E-state index contributed by atoms with van der Waals surface area (Å²) in [5.41, 5.74) is 4.01. The van der Waals surface area contributed by atoms with Crippen LogP contribution >= 0.6 is 0 Å². The fraction of sp³-hybridized carbons (Fsp3) is 0.381. The molecule has 3 aromatic rings. The van der Waals surface area contributed by atoms with E-state index in [4.69, 9.17) is 4.52 Å². The van der Waals surface area contributed by atoms with Crippen molar-refractivity contribution in [1.82, 2.24) is 10.1 Å². The van der Waals surface area contributed by atoms with E-state index in [1.54, 1.807) is 11.1 Å². The molecule has 1 unspecified atom stereocenters. The number of para-hydroxylation sites is 1. The highest BCUT2D eigenvalue weighted by atomic mass is 16.5. The Labute approximate surface area is 148 Å². The largest absolute Gasteiger partial charge is 0.354 e. The summed E-state index contributed by atoms with van der Waals surface area (Å²) in [7, 11) is 0. The van der Waals surface area contributed by atoms with E-state index < -0.39 is 0 Å². The average molecular weight is 333 g/mol. The molecule has 2 aliphatic rings. The first-order valence-electron chi connectivity index (χ1n) is 9.28. The van der Waals surface area contributed by atoms with E-state index in [1.165, 1.54) is 19.4 Å². The van der Waals surface area contributed by atoms with Gasteiger partial charge in [-0.1, -0.05) is 41.6 Å². The zero-order valence-electron chi connectivity index (χ0n) is 14.4. The van der Waals surface area contributed by atoms with Crippen molar-refractivity contribution in [2.75, 3.05) is 37.6 Å². The van der Waals surface area contributed by atoms with Gasteiger partial charge in [0.2, 0.25) is 0 Å². The lowest BCUT2D eigenvalue weighted by Crippen LogP contribution is -2.47. The Bertz CT molecular complexity index is 879. The highest BCUT2D eigenvalue weighted by Crippen LogP contribution is 2.34. The average Bonchev–Trinajstić information content (AvgIpc) is 3.27. The van der Waals surface area contributed by atoms with Crippen LogP contribution < -0.4 is 4.90 Å². The number of anilines is 1. The standard InChI is InChI=1S/C21H23N3O/c1-2-6-18-16(5-1)9-10-17(18)15-23-11-13-24(14-12-23)21-19-7-3-4-8-20(19)25-22-21/h1-8,17H,9-15H2. The Hall–Kier alpha value is -2.33. The van der Waals surface area contributed by atoms with Gasteiger partial charge in [0.05, 0.1) is 5.39 Å². The van der Waals surface area contributed by atoms with Gasteiger partial charge in [-0.25, -0.2) is 0 Å². The van der Waals surface area contributed by atoms with Crippen molar-refractivity contribution < 1.29 is 4.52 Å². The number of hydrogen-bond acceptors (Lipinski definition) is 4. The summed E-state index contributed by atoms with van der Waals surface area (Å²) in [6.45, 7) is 5.42. The number of aryl methyl sites for hydroxylation is 1. The van der Waals surface area contributed by atoms with E-state index >= 15 is 0 Å². The maximum absolute atomic E-state index is 5.47. The Balaban J connectivity index is 1.25. The van der Waals surface area contributed by atoms with Crippen LogP contribution in [0.5, 0.6) is 0 Å². The molecule has 0 bridgehead atoms. The van der Waals surface area contributed by atoms with Gasteiger partial charge < -0.3 is 9.42 Å². The molecule has 25 heavy (non-hydrogen) atoms. The fourth-order valence-corrected chi connectivity index (χ4v) is 4.39. The van der Waals surface area contributed by atoms with Crippen LogP contribution in [0.4, 0.5) is 5.82 Å². The summed E-state index contributed by atoms with van der Waals surface area (Å²) in [6, 6.07) is 17.1. The smallest absolute Gasteiger partial charge is 0.180 e. The molecule has 4 nitrogen and oxygen atoms in total. The van der Waals surface area contributed by atoms with E-state index in [2.05, 4.69) is 51.4 Å². The molecule has 5 rings (SSSR count). The third kappa shape index (κ3) is 2.71. The van der Waals surface area contributed by atoms with Gasteiger partial charge in [0.1, 0.15) is 0 Å². The van der Waals surface area contributed by atoms with Crippen LogP contribution in [0.3, 0.4) is 0 Å². The van der Waals surface area contributed by atoms with Crippen molar-refractivity contribution in [1.29, 1.82) is 0 Å². The molecule has 0 spiro atoms. The molecular formula is C21H23N3O. The van der Waals surface area contributed by atoms with Gasteiger partial charge in [-0.15, -0.1) is 0 Å². The normalized spacial score (nSPS) is 21.0. The van der Waals surface area contributed by atoms with E-state index in [0.29, 0.717) is 5.92 Å². The molecule has 4 heteroatoms. The maximum atomic E-state index is 5.47. The molecule has 0 radical (unpaired) electrons. The van der Waals surface area contributed by atoms with Crippen LogP contribution in [0.15, 0.2) is 53.1 Å². The van der Waals surface area contributed by atoms with Gasteiger partial charge in [-0.3, -0.25) is 4.90 Å². The zero-order chi connectivity index (χ0) is 16.6. The van der Waals surface area contributed by atoms with Gasteiger partial charge in [0, 0.05) is 32.7 Å². The number of aromatic nitrogens is 1. The van der Waals surface area contributed by atoms with E-state index in [0.717, 1.165) is 43.0 Å². The number of fused-ring (bicyclic) bond motifs is 2. The lowest BCUT2D eigenvalue weighted by molar-refractivity contribution is 0.240. The first-order chi connectivity index (χ1) is 12.4. The summed E-state index contributed by atoms with van der Waals surface area (Å²) >= 11 is 0. The predicted molar refractivity (Wildman–Crippen MR) is 100 cm³/mol. The van der Waals surface area contributed by atoms with Crippen LogP contribution in [0.2, 0.25) is 0 Å². The summed E-state index contributed by atoms with van der Waals surface area (Å²) < 4.78 is 5.47. The quantitative estimate of drug-likeness (QED) is 0.732. The summed E-state index contributed by atoms with van der Waals surface area (Å²) in [5, 5.41) is 5.44. The minimum atomic E-state index is 0.704. The first kappa shape index (κ1) is 15.0.